The molecule has 0 aromatic heterocycles. The zero-order chi connectivity index (χ0) is 14.8. The van der Waals surface area contributed by atoms with E-state index in [9.17, 15) is 8.42 Å². The first-order valence-corrected chi connectivity index (χ1v) is 8.55. The van der Waals surface area contributed by atoms with Crippen molar-refractivity contribution in [2.24, 2.45) is 5.73 Å². The van der Waals surface area contributed by atoms with Crippen LogP contribution < -0.4 is 10.5 Å². The lowest BCUT2D eigenvalue weighted by Gasteiger charge is -2.08. The number of hydrogen-bond donors (Lipinski definition) is 2. The highest BCUT2D eigenvalue weighted by atomic mass is 32.2. The molecule has 0 heterocycles. The molecule has 0 amide bonds. The Balaban J connectivity index is 2.37. The quantitative estimate of drug-likeness (QED) is 0.640. The molecule has 0 saturated heterocycles. The Bertz CT molecular complexity index is 489. The van der Waals surface area contributed by atoms with Crippen LogP contribution in [0.5, 0.6) is 0 Å². The zero-order valence-electron chi connectivity index (χ0n) is 12.0. The summed E-state index contributed by atoms with van der Waals surface area (Å²) in [6, 6.07) is 7.30. The van der Waals surface area contributed by atoms with Crippen LogP contribution >= 0.6 is 0 Å². The smallest absolute Gasteiger partial charge is 0.215 e. The number of sulfonamides is 1. The summed E-state index contributed by atoms with van der Waals surface area (Å²) in [5.74, 6) is -0.0319. The highest BCUT2D eigenvalue weighted by molar-refractivity contribution is 7.88. The summed E-state index contributed by atoms with van der Waals surface area (Å²) in [5, 5.41) is 0. The van der Waals surface area contributed by atoms with Gasteiger partial charge in [0.05, 0.1) is 12.4 Å². The van der Waals surface area contributed by atoms with Crippen molar-refractivity contribution in [3.05, 3.63) is 35.4 Å². The van der Waals surface area contributed by atoms with Crippen LogP contribution in [0.4, 0.5) is 0 Å². The summed E-state index contributed by atoms with van der Waals surface area (Å²) in [5.41, 5.74) is 7.21. The van der Waals surface area contributed by atoms with Crippen LogP contribution in [0.1, 0.15) is 30.9 Å². The van der Waals surface area contributed by atoms with Crippen LogP contribution in [-0.2, 0) is 27.1 Å². The van der Waals surface area contributed by atoms with E-state index >= 15 is 0 Å². The first-order chi connectivity index (χ1) is 9.57. The largest absolute Gasteiger partial charge is 0.380 e. The molecular weight excluding hydrogens is 276 g/mol. The molecule has 0 atom stereocenters. The fourth-order valence-corrected chi connectivity index (χ4v) is 2.85. The molecule has 0 bridgehead atoms. The molecule has 1 aromatic carbocycles. The SMILES string of the molecule is CCCCOCCNS(=O)(=O)Cc1cccc(CN)c1. The number of ether oxygens (including phenoxy) is 1. The van der Waals surface area contributed by atoms with Crippen molar-refractivity contribution in [3.8, 4) is 0 Å². The van der Waals surface area contributed by atoms with Gasteiger partial charge in [0.2, 0.25) is 10.0 Å². The second-order valence-electron chi connectivity index (χ2n) is 4.64. The van der Waals surface area contributed by atoms with E-state index in [4.69, 9.17) is 10.5 Å². The summed E-state index contributed by atoms with van der Waals surface area (Å²) < 4.78 is 31.6. The number of rotatable bonds is 10. The minimum Gasteiger partial charge on any atom is -0.380 e. The van der Waals surface area contributed by atoms with Crippen molar-refractivity contribution in [2.75, 3.05) is 19.8 Å². The van der Waals surface area contributed by atoms with Crippen molar-refractivity contribution in [1.82, 2.24) is 4.72 Å². The molecule has 114 valence electrons. The van der Waals surface area contributed by atoms with Gasteiger partial charge in [0.1, 0.15) is 0 Å². The third-order valence-corrected chi connectivity index (χ3v) is 4.15. The maximum atomic E-state index is 11.9. The van der Waals surface area contributed by atoms with Crippen LogP contribution in [-0.4, -0.2) is 28.2 Å². The van der Waals surface area contributed by atoms with E-state index in [1.165, 1.54) is 0 Å². The van der Waals surface area contributed by atoms with Gasteiger partial charge in [-0.25, -0.2) is 13.1 Å². The van der Waals surface area contributed by atoms with Gasteiger partial charge in [0, 0.05) is 19.7 Å². The lowest BCUT2D eigenvalue weighted by atomic mass is 10.1. The minimum absolute atomic E-state index is 0.0319. The lowest BCUT2D eigenvalue weighted by Crippen LogP contribution is -2.28. The highest BCUT2D eigenvalue weighted by Crippen LogP contribution is 2.08. The zero-order valence-corrected chi connectivity index (χ0v) is 12.8. The molecule has 5 nitrogen and oxygen atoms in total. The molecular formula is C14H24N2O3S. The summed E-state index contributed by atoms with van der Waals surface area (Å²) in [6.07, 6.45) is 2.07. The Kier molecular flexibility index (Phi) is 7.76. The van der Waals surface area contributed by atoms with Gasteiger partial charge in [-0.3, -0.25) is 0 Å². The van der Waals surface area contributed by atoms with E-state index in [0.29, 0.717) is 26.3 Å². The van der Waals surface area contributed by atoms with Gasteiger partial charge < -0.3 is 10.5 Å². The lowest BCUT2D eigenvalue weighted by molar-refractivity contribution is 0.136. The molecule has 6 heteroatoms. The second kappa shape index (κ2) is 9.07. The van der Waals surface area contributed by atoms with E-state index in [2.05, 4.69) is 11.6 Å². The predicted molar refractivity (Wildman–Crippen MR) is 80.7 cm³/mol. The summed E-state index contributed by atoms with van der Waals surface area (Å²) in [4.78, 5) is 0. The van der Waals surface area contributed by atoms with Gasteiger partial charge in [-0.15, -0.1) is 0 Å². The molecule has 0 saturated carbocycles. The van der Waals surface area contributed by atoms with E-state index in [1.807, 2.05) is 18.2 Å². The Morgan fingerprint density at radius 3 is 2.70 bits per heavy atom. The van der Waals surface area contributed by atoms with E-state index in [-0.39, 0.29) is 5.75 Å². The van der Waals surface area contributed by atoms with Crippen molar-refractivity contribution >= 4 is 10.0 Å². The standard InChI is InChI=1S/C14H24N2O3S/c1-2-3-8-19-9-7-16-20(17,18)12-14-6-4-5-13(10-14)11-15/h4-6,10,16H,2-3,7-9,11-12,15H2,1H3. The van der Waals surface area contributed by atoms with Gasteiger partial charge in [0.25, 0.3) is 0 Å². The van der Waals surface area contributed by atoms with E-state index < -0.39 is 10.0 Å². The van der Waals surface area contributed by atoms with Crippen LogP contribution in [0.3, 0.4) is 0 Å². The number of nitrogens with one attached hydrogen (secondary N) is 1. The van der Waals surface area contributed by atoms with Gasteiger partial charge >= 0.3 is 0 Å². The van der Waals surface area contributed by atoms with E-state index in [0.717, 1.165) is 24.0 Å². The maximum Gasteiger partial charge on any atom is 0.215 e. The highest BCUT2D eigenvalue weighted by Gasteiger charge is 2.10. The first kappa shape index (κ1) is 17.1. The van der Waals surface area contributed by atoms with Gasteiger partial charge in [0.15, 0.2) is 0 Å². The van der Waals surface area contributed by atoms with Crippen molar-refractivity contribution in [2.45, 2.75) is 32.1 Å². The Morgan fingerprint density at radius 1 is 1.25 bits per heavy atom. The molecule has 3 N–H and O–H groups in total. The molecule has 0 unspecified atom stereocenters. The number of benzene rings is 1. The molecule has 0 fully saturated rings. The summed E-state index contributed by atoms with van der Waals surface area (Å²) in [6.45, 7) is 3.88. The van der Waals surface area contributed by atoms with Crippen LogP contribution in [0.25, 0.3) is 0 Å². The van der Waals surface area contributed by atoms with Gasteiger partial charge in [-0.1, -0.05) is 37.6 Å². The van der Waals surface area contributed by atoms with Crippen molar-refractivity contribution in [3.63, 3.8) is 0 Å². The number of hydrogen-bond acceptors (Lipinski definition) is 4. The Morgan fingerprint density at radius 2 is 2.00 bits per heavy atom. The first-order valence-electron chi connectivity index (χ1n) is 6.90. The van der Waals surface area contributed by atoms with Gasteiger partial charge in [-0.2, -0.15) is 0 Å². The minimum atomic E-state index is -3.32. The van der Waals surface area contributed by atoms with Gasteiger partial charge in [-0.05, 0) is 17.5 Å². The Labute approximate surface area is 121 Å². The van der Waals surface area contributed by atoms with Crippen molar-refractivity contribution in [1.29, 1.82) is 0 Å². The van der Waals surface area contributed by atoms with E-state index in [1.54, 1.807) is 6.07 Å². The molecule has 0 aliphatic carbocycles. The molecule has 0 radical (unpaired) electrons. The topological polar surface area (TPSA) is 81.4 Å². The number of unbranched alkanes of at least 4 members (excludes halogenated alkanes) is 1. The molecule has 1 rings (SSSR count). The third kappa shape index (κ3) is 7.00. The maximum absolute atomic E-state index is 11.9. The Hall–Kier alpha value is -0.950. The molecule has 1 aromatic rings. The fourth-order valence-electron chi connectivity index (χ4n) is 1.73. The normalized spacial score (nSPS) is 11.7. The van der Waals surface area contributed by atoms with Crippen molar-refractivity contribution < 1.29 is 13.2 Å². The van der Waals surface area contributed by atoms with Crippen LogP contribution in [0.2, 0.25) is 0 Å². The molecule has 0 spiro atoms. The summed E-state index contributed by atoms with van der Waals surface area (Å²) >= 11 is 0. The third-order valence-electron chi connectivity index (χ3n) is 2.79. The van der Waals surface area contributed by atoms with Crippen LogP contribution in [0.15, 0.2) is 24.3 Å². The van der Waals surface area contributed by atoms with Crippen LogP contribution in [0, 0.1) is 0 Å². The second-order valence-corrected chi connectivity index (χ2v) is 6.45. The average Bonchev–Trinajstić information content (AvgIpc) is 2.42. The number of nitrogens with two attached hydrogens (primary N) is 1. The molecule has 0 aliphatic rings. The summed E-state index contributed by atoms with van der Waals surface area (Å²) in [7, 11) is -3.32. The predicted octanol–water partition coefficient (Wildman–Crippen LogP) is 1.38. The molecule has 20 heavy (non-hydrogen) atoms. The molecule has 0 aliphatic heterocycles. The monoisotopic (exact) mass is 300 g/mol. The average molecular weight is 300 g/mol. The fraction of sp³-hybridized carbons (Fsp3) is 0.571.